The minimum absolute atomic E-state index is 0.0265. The van der Waals surface area contributed by atoms with E-state index in [9.17, 15) is 4.79 Å². The molecule has 0 bridgehead atoms. The Hall–Kier alpha value is -2.69. The zero-order chi connectivity index (χ0) is 23.0. The molecule has 1 saturated heterocycles. The van der Waals surface area contributed by atoms with Gasteiger partial charge in [-0.2, -0.15) is 9.97 Å². The Balaban J connectivity index is 1.73. The highest BCUT2D eigenvalue weighted by Gasteiger charge is 2.22. The summed E-state index contributed by atoms with van der Waals surface area (Å²) in [7, 11) is 3.75. The van der Waals surface area contributed by atoms with Gasteiger partial charge >= 0.3 is 5.69 Å². The highest BCUT2D eigenvalue weighted by atomic mass is 35.5. The number of hydrogen-bond acceptors (Lipinski definition) is 8. The highest BCUT2D eigenvalue weighted by Crippen LogP contribution is 2.26. The summed E-state index contributed by atoms with van der Waals surface area (Å²) in [4.78, 5) is 31.1. The maximum atomic E-state index is 13.5. The number of nitrogen functional groups attached to an aromatic ring is 1. The summed E-state index contributed by atoms with van der Waals surface area (Å²) in [5.74, 6) is 0.785. The summed E-state index contributed by atoms with van der Waals surface area (Å²) in [6.45, 7) is 9.28. The molecule has 2 N–H and O–H groups in total. The van der Waals surface area contributed by atoms with E-state index >= 15 is 0 Å². The van der Waals surface area contributed by atoms with Gasteiger partial charge in [-0.1, -0.05) is 11.6 Å². The Kier molecular flexibility index (Phi) is 6.36. The lowest BCUT2D eigenvalue weighted by atomic mass is 10.1. The molecule has 1 aliphatic heterocycles. The summed E-state index contributed by atoms with van der Waals surface area (Å²) in [5.41, 5.74) is 9.10. The second-order valence-electron chi connectivity index (χ2n) is 8.26. The van der Waals surface area contributed by atoms with Gasteiger partial charge in [-0.25, -0.2) is 4.79 Å². The zero-order valence-corrected chi connectivity index (χ0v) is 19.7. The number of imidazole rings is 1. The summed E-state index contributed by atoms with van der Waals surface area (Å²) in [6.07, 6.45) is 1.75. The van der Waals surface area contributed by atoms with Crippen LogP contribution in [0.3, 0.4) is 0 Å². The number of anilines is 1. The number of halogens is 1. The molecule has 0 spiro atoms. The number of aryl methyl sites for hydroxylation is 1. The van der Waals surface area contributed by atoms with E-state index in [4.69, 9.17) is 22.1 Å². The average Bonchev–Trinajstić information content (AvgIpc) is 3.01. The predicted octanol–water partition coefficient (Wildman–Crippen LogP) is 1.14. The Bertz CT molecular complexity index is 1200. The summed E-state index contributed by atoms with van der Waals surface area (Å²) in [6, 6.07) is 0. The molecule has 0 aromatic carbocycles. The van der Waals surface area contributed by atoms with Crippen molar-refractivity contribution in [1.82, 2.24) is 33.9 Å². The van der Waals surface area contributed by atoms with Crippen molar-refractivity contribution in [3.63, 3.8) is 0 Å². The first kappa shape index (κ1) is 22.5. The van der Waals surface area contributed by atoms with Crippen molar-refractivity contribution in [3.05, 3.63) is 38.7 Å². The Labute approximate surface area is 191 Å². The van der Waals surface area contributed by atoms with Crippen molar-refractivity contribution in [2.75, 3.05) is 52.6 Å². The van der Waals surface area contributed by atoms with Crippen LogP contribution in [0.15, 0.2) is 11.0 Å². The predicted molar refractivity (Wildman–Crippen MR) is 125 cm³/mol. The lowest BCUT2D eigenvalue weighted by Gasteiger charge is -2.32. The van der Waals surface area contributed by atoms with E-state index in [1.165, 1.54) is 0 Å². The van der Waals surface area contributed by atoms with Crippen LogP contribution in [0.25, 0.3) is 11.2 Å². The van der Waals surface area contributed by atoms with Crippen LogP contribution < -0.4 is 16.2 Å². The topological polar surface area (TPSA) is 107 Å². The third-order valence-corrected chi connectivity index (χ3v) is 6.38. The lowest BCUT2D eigenvalue weighted by molar-refractivity contribution is 0.150. The number of rotatable bonds is 6. The molecule has 3 aromatic heterocycles. The van der Waals surface area contributed by atoms with E-state index in [0.717, 1.165) is 55.3 Å². The molecule has 4 heterocycles. The Morgan fingerprint density at radius 1 is 1.12 bits per heavy atom. The summed E-state index contributed by atoms with van der Waals surface area (Å²) in [5, 5.41) is 0.174. The molecule has 1 aliphatic rings. The zero-order valence-electron chi connectivity index (χ0n) is 18.9. The number of likely N-dealkylation sites (N-methyl/N-ethyl adjacent to an activating group) is 1. The molecule has 0 atom stereocenters. The smallest absolute Gasteiger partial charge is 0.330 e. The Morgan fingerprint density at radius 2 is 1.84 bits per heavy atom. The number of pyridine rings is 1. The molecule has 10 nitrogen and oxygen atoms in total. The fourth-order valence-corrected chi connectivity index (χ4v) is 4.50. The van der Waals surface area contributed by atoms with Gasteiger partial charge in [-0.3, -0.25) is 19.0 Å². The minimum atomic E-state index is -0.211. The molecule has 4 rings (SSSR count). The van der Waals surface area contributed by atoms with Gasteiger partial charge < -0.3 is 15.4 Å². The molecule has 11 heteroatoms. The largest absolute Gasteiger partial charge is 0.496 e. The molecule has 0 aliphatic carbocycles. The summed E-state index contributed by atoms with van der Waals surface area (Å²) >= 11 is 6.44. The standard InChI is InChI=1S/C21H29ClN8O2/c1-13-11-24-15(14(2)17(13)32-4)12-30-19-16(18(22)25-20(23)26-19)29(21(30)31)10-9-28-7-5-27(3)6-8-28/h11H,5-10,12H2,1-4H3,(H2,23,25,26). The van der Waals surface area contributed by atoms with Gasteiger partial charge in [0.2, 0.25) is 5.95 Å². The third kappa shape index (κ3) is 4.17. The number of fused-ring (bicyclic) bond motifs is 1. The highest BCUT2D eigenvalue weighted by molar-refractivity contribution is 6.33. The maximum Gasteiger partial charge on any atom is 0.330 e. The number of hydrogen-bond donors (Lipinski definition) is 1. The van der Waals surface area contributed by atoms with Crippen molar-refractivity contribution >= 4 is 28.7 Å². The van der Waals surface area contributed by atoms with Crippen molar-refractivity contribution < 1.29 is 4.74 Å². The van der Waals surface area contributed by atoms with E-state index < -0.39 is 0 Å². The van der Waals surface area contributed by atoms with Crippen LogP contribution in [-0.4, -0.2) is 80.8 Å². The van der Waals surface area contributed by atoms with Gasteiger partial charge in [0.15, 0.2) is 10.8 Å². The normalized spacial score (nSPS) is 15.5. The molecule has 32 heavy (non-hydrogen) atoms. The number of ether oxygens (including phenoxy) is 1. The van der Waals surface area contributed by atoms with Crippen molar-refractivity contribution in [2.45, 2.75) is 26.9 Å². The van der Waals surface area contributed by atoms with Gasteiger partial charge in [0.25, 0.3) is 0 Å². The molecule has 3 aromatic rings. The minimum Gasteiger partial charge on any atom is -0.496 e. The van der Waals surface area contributed by atoms with Gasteiger partial charge in [0, 0.05) is 56.6 Å². The van der Waals surface area contributed by atoms with Gasteiger partial charge in [0.1, 0.15) is 11.3 Å². The molecular weight excluding hydrogens is 432 g/mol. The number of aromatic nitrogens is 5. The van der Waals surface area contributed by atoms with Gasteiger partial charge in [0.05, 0.1) is 19.3 Å². The maximum absolute atomic E-state index is 13.5. The number of nitrogens with zero attached hydrogens (tertiary/aromatic N) is 7. The molecule has 0 amide bonds. The fraction of sp³-hybridized carbons (Fsp3) is 0.524. The first-order chi connectivity index (χ1) is 15.3. The molecule has 0 unspecified atom stereocenters. The summed E-state index contributed by atoms with van der Waals surface area (Å²) < 4.78 is 8.73. The molecule has 0 saturated carbocycles. The van der Waals surface area contributed by atoms with Crippen LogP contribution in [-0.2, 0) is 13.1 Å². The van der Waals surface area contributed by atoms with Crippen molar-refractivity contribution in [3.8, 4) is 5.75 Å². The van der Waals surface area contributed by atoms with Crippen LogP contribution in [0, 0.1) is 13.8 Å². The van der Waals surface area contributed by atoms with Crippen molar-refractivity contribution in [1.29, 1.82) is 0 Å². The van der Waals surface area contributed by atoms with Crippen LogP contribution >= 0.6 is 11.6 Å². The van der Waals surface area contributed by atoms with Crippen molar-refractivity contribution in [2.24, 2.45) is 0 Å². The third-order valence-electron chi connectivity index (χ3n) is 6.12. The average molecular weight is 461 g/mol. The van der Waals surface area contributed by atoms with E-state index in [0.29, 0.717) is 17.7 Å². The monoisotopic (exact) mass is 460 g/mol. The first-order valence-corrected chi connectivity index (χ1v) is 11.0. The second-order valence-corrected chi connectivity index (χ2v) is 8.61. The number of piperazine rings is 1. The Morgan fingerprint density at radius 3 is 2.53 bits per heavy atom. The van der Waals surface area contributed by atoms with E-state index in [2.05, 4.69) is 31.8 Å². The van der Waals surface area contributed by atoms with Crippen LogP contribution in [0.1, 0.15) is 16.8 Å². The van der Waals surface area contributed by atoms with Crippen LogP contribution in [0.2, 0.25) is 5.15 Å². The van der Waals surface area contributed by atoms with E-state index in [1.54, 1.807) is 22.4 Å². The SMILES string of the molecule is COc1c(C)cnc(Cn2c(=O)n(CCN3CCN(C)CC3)c3c(Cl)nc(N)nc32)c1C. The number of methoxy groups -OCH3 is 1. The van der Waals surface area contributed by atoms with Crippen LogP contribution in [0.5, 0.6) is 5.75 Å². The second kappa shape index (κ2) is 9.05. The quantitative estimate of drug-likeness (QED) is 0.546. The van der Waals surface area contributed by atoms with Gasteiger partial charge in [-0.05, 0) is 20.9 Å². The fourth-order valence-electron chi connectivity index (χ4n) is 4.23. The molecular formula is C21H29ClN8O2. The first-order valence-electron chi connectivity index (χ1n) is 10.6. The molecule has 1 fully saturated rings. The molecule has 0 radical (unpaired) electrons. The lowest BCUT2D eigenvalue weighted by Crippen LogP contribution is -2.45. The van der Waals surface area contributed by atoms with Gasteiger partial charge in [-0.15, -0.1) is 0 Å². The molecule has 172 valence electrons. The van der Waals surface area contributed by atoms with E-state index in [1.807, 2.05) is 13.8 Å². The van der Waals surface area contributed by atoms with E-state index in [-0.39, 0.29) is 23.3 Å². The number of nitrogens with two attached hydrogens (primary N) is 1. The van der Waals surface area contributed by atoms with Crippen LogP contribution in [0.4, 0.5) is 5.95 Å².